The second-order valence-corrected chi connectivity index (χ2v) is 8.85. The fraction of sp³-hybridized carbons (Fsp3) is 0.444. The third-order valence-corrected chi connectivity index (χ3v) is 5.52. The summed E-state index contributed by atoms with van der Waals surface area (Å²) in [7, 11) is 0. The zero-order valence-corrected chi connectivity index (χ0v) is 16.9. The molecule has 0 spiro atoms. The first kappa shape index (κ1) is 18.8. The molecule has 3 heterocycles. The van der Waals surface area contributed by atoms with Gasteiger partial charge in [0.1, 0.15) is 12.1 Å². The summed E-state index contributed by atoms with van der Waals surface area (Å²) in [4.78, 5) is 37.0. The Balaban J connectivity index is 1.78. The molecule has 6 nitrogen and oxygen atoms in total. The Morgan fingerprint density at radius 3 is 2.88 bits per heavy atom. The molecule has 0 saturated carbocycles. The lowest BCUT2D eigenvalue weighted by molar-refractivity contribution is -0.155. The summed E-state index contributed by atoms with van der Waals surface area (Å²) in [5.74, 6) is -0.510. The Kier molecular flexibility index (Phi) is 5.34. The van der Waals surface area contributed by atoms with Gasteiger partial charge in [-0.3, -0.25) is 9.59 Å². The van der Waals surface area contributed by atoms with E-state index >= 15 is 0 Å². The van der Waals surface area contributed by atoms with Crippen LogP contribution in [0.15, 0.2) is 23.5 Å². The summed E-state index contributed by atoms with van der Waals surface area (Å²) in [5.41, 5.74) is 0.915. The van der Waals surface area contributed by atoms with Crippen molar-refractivity contribution in [1.82, 2.24) is 14.9 Å². The van der Waals surface area contributed by atoms with E-state index in [0.29, 0.717) is 17.3 Å². The Morgan fingerprint density at radius 1 is 1.42 bits per heavy atom. The molecule has 0 N–H and O–H groups in total. The third kappa shape index (κ3) is 4.24. The van der Waals surface area contributed by atoms with E-state index < -0.39 is 5.60 Å². The summed E-state index contributed by atoms with van der Waals surface area (Å²) in [6, 6.07) is 3.72. The largest absolute Gasteiger partial charge is 0.459 e. The molecule has 0 saturated heterocycles. The molecule has 8 heteroatoms. The number of hydrogen-bond donors (Lipinski definition) is 0. The van der Waals surface area contributed by atoms with Crippen molar-refractivity contribution in [2.45, 2.75) is 37.9 Å². The molecule has 0 bridgehead atoms. The van der Waals surface area contributed by atoms with Crippen LogP contribution in [0.5, 0.6) is 0 Å². The highest BCUT2D eigenvalue weighted by Crippen LogP contribution is 2.34. The van der Waals surface area contributed by atoms with Crippen LogP contribution in [-0.4, -0.2) is 51.7 Å². The van der Waals surface area contributed by atoms with Crippen LogP contribution in [0.3, 0.4) is 0 Å². The number of nitrogens with zero attached hydrogens (tertiary/aromatic N) is 3. The van der Waals surface area contributed by atoms with E-state index in [1.165, 1.54) is 11.8 Å². The van der Waals surface area contributed by atoms with Gasteiger partial charge in [-0.1, -0.05) is 11.8 Å². The van der Waals surface area contributed by atoms with E-state index in [2.05, 4.69) is 9.97 Å². The van der Waals surface area contributed by atoms with E-state index in [-0.39, 0.29) is 18.4 Å². The molecule has 2 aromatic rings. The summed E-state index contributed by atoms with van der Waals surface area (Å²) in [6.45, 7) is 5.94. The van der Waals surface area contributed by atoms with Gasteiger partial charge in [0.25, 0.3) is 5.91 Å². The minimum atomic E-state index is -0.557. The molecule has 0 fully saturated rings. The van der Waals surface area contributed by atoms with Crippen molar-refractivity contribution in [3.63, 3.8) is 0 Å². The maximum Gasteiger partial charge on any atom is 0.326 e. The quantitative estimate of drug-likeness (QED) is 0.452. The van der Waals surface area contributed by atoms with E-state index in [1.807, 2.05) is 39.2 Å². The van der Waals surface area contributed by atoms with Crippen molar-refractivity contribution in [3.05, 3.63) is 28.8 Å². The fourth-order valence-electron chi connectivity index (χ4n) is 2.69. The first-order valence-corrected chi connectivity index (χ1v) is 10.3. The maximum atomic E-state index is 12.8. The normalized spacial score (nSPS) is 14.3. The average molecular weight is 392 g/mol. The van der Waals surface area contributed by atoms with Crippen LogP contribution in [0.25, 0.3) is 10.6 Å². The molecule has 2 aromatic heterocycles. The van der Waals surface area contributed by atoms with Crippen LogP contribution in [0, 0.1) is 0 Å². The molecule has 1 amide bonds. The van der Waals surface area contributed by atoms with Crippen molar-refractivity contribution in [2.75, 3.05) is 19.3 Å². The Bertz CT molecular complexity index is 842. The summed E-state index contributed by atoms with van der Waals surface area (Å²) in [5, 5.41) is 0.701. The highest BCUT2D eigenvalue weighted by Gasteiger charge is 2.30. The molecule has 0 radical (unpaired) electrons. The van der Waals surface area contributed by atoms with E-state index in [1.54, 1.807) is 22.4 Å². The summed E-state index contributed by atoms with van der Waals surface area (Å²) < 4.78 is 5.33. The zero-order valence-electron chi connectivity index (χ0n) is 15.2. The lowest BCUT2D eigenvalue weighted by Crippen LogP contribution is -2.42. The van der Waals surface area contributed by atoms with Crippen molar-refractivity contribution < 1.29 is 14.3 Å². The number of thiophene rings is 1. The minimum Gasteiger partial charge on any atom is -0.459 e. The molecule has 26 heavy (non-hydrogen) atoms. The van der Waals surface area contributed by atoms with Gasteiger partial charge in [-0.25, -0.2) is 9.97 Å². The van der Waals surface area contributed by atoms with Crippen molar-refractivity contribution in [3.8, 4) is 10.6 Å². The van der Waals surface area contributed by atoms with Crippen LogP contribution >= 0.6 is 23.1 Å². The number of thioether (sulfide) groups is 1. The van der Waals surface area contributed by atoms with Gasteiger partial charge in [0.05, 0.1) is 16.1 Å². The zero-order chi connectivity index (χ0) is 18.9. The monoisotopic (exact) mass is 391 g/mol. The van der Waals surface area contributed by atoms with Crippen molar-refractivity contribution in [2.24, 2.45) is 0 Å². The first-order valence-electron chi connectivity index (χ1n) is 8.28. The lowest BCUT2D eigenvalue weighted by atomic mass is 10.1. The Hall–Kier alpha value is -1.93. The molecule has 3 rings (SSSR count). The molecule has 0 atom stereocenters. The predicted octanol–water partition coefficient (Wildman–Crippen LogP) is 3.27. The summed E-state index contributed by atoms with van der Waals surface area (Å²) >= 11 is 3.06. The number of rotatable bonds is 4. The number of ether oxygens (including phenoxy) is 1. The molecule has 1 aliphatic heterocycles. The number of esters is 1. The van der Waals surface area contributed by atoms with Gasteiger partial charge >= 0.3 is 5.97 Å². The topological polar surface area (TPSA) is 72.4 Å². The van der Waals surface area contributed by atoms with Crippen molar-refractivity contribution in [1.29, 1.82) is 0 Å². The third-order valence-electron chi connectivity index (χ3n) is 3.74. The number of amides is 1. The van der Waals surface area contributed by atoms with Gasteiger partial charge in [0, 0.05) is 24.0 Å². The van der Waals surface area contributed by atoms with Gasteiger partial charge < -0.3 is 9.64 Å². The highest BCUT2D eigenvalue weighted by molar-refractivity contribution is 7.98. The molecule has 0 unspecified atom stereocenters. The van der Waals surface area contributed by atoms with Crippen LogP contribution in [0.2, 0.25) is 0 Å². The average Bonchev–Trinajstić information content (AvgIpc) is 3.01. The second-order valence-electron chi connectivity index (χ2n) is 6.94. The van der Waals surface area contributed by atoms with Gasteiger partial charge in [-0.2, -0.15) is 0 Å². The van der Waals surface area contributed by atoms with E-state index in [9.17, 15) is 9.59 Å². The van der Waals surface area contributed by atoms with Crippen LogP contribution in [0.1, 0.15) is 36.0 Å². The van der Waals surface area contributed by atoms with Crippen LogP contribution in [-0.2, 0) is 16.0 Å². The second kappa shape index (κ2) is 7.36. The van der Waals surface area contributed by atoms with Gasteiger partial charge in [-0.15, -0.1) is 11.3 Å². The predicted molar refractivity (Wildman–Crippen MR) is 103 cm³/mol. The maximum absolute atomic E-state index is 12.8. The van der Waals surface area contributed by atoms with Gasteiger partial charge in [0.15, 0.2) is 5.16 Å². The number of carbonyl (C=O) groups excluding carboxylic acids is 2. The van der Waals surface area contributed by atoms with Gasteiger partial charge in [-0.05, 0) is 39.2 Å². The minimum absolute atomic E-state index is 0.0230. The Labute approximate surface area is 161 Å². The molecule has 1 aliphatic rings. The van der Waals surface area contributed by atoms with E-state index in [0.717, 1.165) is 21.9 Å². The van der Waals surface area contributed by atoms with Crippen molar-refractivity contribution >= 4 is 35.0 Å². The molecular formula is C18H21N3O3S2. The van der Waals surface area contributed by atoms with Gasteiger partial charge in [0.2, 0.25) is 0 Å². The van der Waals surface area contributed by atoms with E-state index in [4.69, 9.17) is 4.74 Å². The van der Waals surface area contributed by atoms with Crippen LogP contribution < -0.4 is 0 Å². The molecule has 0 aliphatic carbocycles. The first-order chi connectivity index (χ1) is 12.3. The number of fused-ring (bicyclic) bond motifs is 1. The smallest absolute Gasteiger partial charge is 0.326 e. The SMILES string of the molecule is CSc1nccc(-c2cc3c(s2)CCN(CC(=O)OC(C)(C)C)C3=O)n1. The molecule has 0 aromatic carbocycles. The summed E-state index contributed by atoms with van der Waals surface area (Å²) in [6.07, 6.45) is 4.38. The molecule has 138 valence electrons. The molecular weight excluding hydrogens is 370 g/mol. The lowest BCUT2D eigenvalue weighted by Gasteiger charge is -2.27. The number of aromatic nitrogens is 2. The Morgan fingerprint density at radius 2 is 2.19 bits per heavy atom. The number of carbonyl (C=O) groups is 2. The standard InChI is InChI=1S/C18H21N3O3S2/c1-18(2,3)24-15(22)10-21-8-6-13-11(16(21)23)9-14(26-13)12-5-7-19-17(20-12)25-4/h5,7,9H,6,8,10H2,1-4H3. The van der Waals surface area contributed by atoms with Crippen LogP contribution in [0.4, 0.5) is 0 Å². The number of hydrogen-bond acceptors (Lipinski definition) is 7. The fourth-order valence-corrected chi connectivity index (χ4v) is 4.15. The highest BCUT2D eigenvalue weighted by atomic mass is 32.2.